The van der Waals surface area contributed by atoms with Crippen molar-refractivity contribution in [2.75, 3.05) is 29.9 Å². The van der Waals surface area contributed by atoms with E-state index in [0.29, 0.717) is 33.0 Å². The molecule has 1 saturated heterocycles. The van der Waals surface area contributed by atoms with E-state index in [0.717, 1.165) is 50.4 Å². The van der Waals surface area contributed by atoms with Crippen LogP contribution in [0, 0.1) is 5.82 Å². The van der Waals surface area contributed by atoms with Gasteiger partial charge >= 0.3 is 0 Å². The second-order valence-corrected chi connectivity index (χ2v) is 12.3. The number of rotatable bonds is 6. The summed E-state index contributed by atoms with van der Waals surface area (Å²) in [6, 6.07) is 8.14. The summed E-state index contributed by atoms with van der Waals surface area (Å²) < 4.78 is 17.7. The van der Waals surface area contributed by atoms with Crippen LogP contribution >= 0.6 is 22.9 Å². The number of carbonyl (C=O) groups excluding carboxylic acids is 2. The van der Waals surface area contributed by atoms with E-state index in [1.165, 1.54) is 22.3 Å². The van der Waals surface area contributed by atoms with Crippen molar-refractivity contribution < 1.29 is 14.0 Å². The van der Waals surface area contributed by atoms with Crippen LogP contribution in [0.2, 0.25) is 5.02 Å². The molecule has 2 aromatic heterocycles. The maximum Gasteiger partial charge on any atom is 0.255 e. The molecule has 2 atom stereocenters. The van der Waals surface area contributed by atoms with Gasteiger partial charge in [-0.1, -0.05) is 17.7 Å². The Labute approximate surface area is 251 Å². The van der Waals surface area contributed by atoms with Crippen molar-refractivity contribution in [1.82, 2.24) is 24.8 Å². The van der Waals surface area contributed by atoms with E-state index in [-0.39, 0.29) is 17.7 Å². The molecule has 216 valence electrons. The molecule has 3 aliphatic heterocycles. The molecule has 0 saturated carbocycles. The number of aryl methyl sites for hydroxylation is 1. The molecule has 2 N–H and O–H groups in total. The maximum absolute atomic E-state index is 15.7. The van der Waals surface area contributed by atoms with Gasteiger partial charge in [-0.25, -0.2) is 14.4 Å². The van der Waals surface area contributed by atoms with Gasteiger partial charge in [-0.2, -0.15) is 0 Å². The van der Waals surface area contributed by atoms with E-state index >= 15 is 4.39 Å². The van der Waals surface area contributed by atoms with E-state index in [4.69, 9.17) is 11.6 Å². The van der Waals surface area contributed by atoms with Crippen LogP contribution in [0.15, 0.2) is 48.2 Å². The van der Waals surface area contributed by atoms with Crippen molar-refractivity contribution in [1.29, 1.82) is 0 Å². The number of halogens is 2. The summed E-state index contributed by atoms with van der Waals surface area (Å²) in [6.07, 6.45) is 5.00. The predicted molar refractivity (Wildman–Crippen MR) is 160 cm³/mol. The largest absolute Gasteiger partial charge is 0.368 e. The van der Waals surface area contributed by atoms with Crippen LogP contribution < -0.4 is 15.5 Å². The lowest BCUT2D eigenvalue weighted by Gasteiger charge is -2.34. The Bertz CT molecular complexity index is 1690. The number of anilines is 2. The maximum atomic E-state index is 15.7. The number of fused-ring (bicyclic) bond motifs is 2. The number of thiazole rings is 1. The molecule has 4 aromatic rings. The molecule has 5 heterocycles. The highest BCUT2D eigenvalue weighted by Gasteiger charge is 2.42. The first kappa shape index (κ1) is 27.1. The topological polar surface area (TPSA) is 95.4 Å². The monoisotopic (exact) mass is 605 g/mol. The molecule has 42 heavy (non-hydrogen) atoms. The van der Waals surface area contributed by atoms with Gasteiger partial charge in [-0.15, -0.1) is 11.3 Å². The number of imidazole rings is 1. The minimum atomic E-state index is -1.03. The SMILES string of the molecule is CC1CN(c2ccc(-c3cc(F)c4c(c3)C(=O)N(C(C(=O)Nc3nccs3)c3ncn5c3CCC5)C4)cc2Cl)CCN1. The third-order valence-corrected chi connectivity index (χ3v) is 9.27. The normalized spacial score (nSPS) is 18.7. The molecule has 9 nitrogen and oxygen atoms in total. The van der Waals surface area contributed by atoms with Crippen molar-refractivity contribution in [2.24, 2.45) is 0 Å². The first-order valence-corrected chi connectivity index (χ1v) is 15.3. The van der Waals surface area contributed by atoms with Crippen LogP contribution in [-0.2, 0) is 24.3 Å². The molecule has 0 aliphatic carbocycles. The lowest BCUT2D eigenvalue weighted by atomic mass is 9.99. The summed E-state index contributed by atoms with van der Waals surface area (Å²) in [6.45, 7) is 5.47. The van der Waals surface area contributed by atoms with Crippen LogP contribution in [0.1, 0.15) is 46.7 Å². The number of nitrogens with one attached hydrogen (secondary N) is 2. The van der Waals surface area contributed by atoms with E-state index in [1.807, 2.05) is 22.8 Å². The van der Waals surface area contributed by atoms with Gasteiger partial charge in [0.1, 0.15) is 5.82 Å². The fourth-order valence-electron chi connectivity index (χ4n) is 6.26. The number of aromatic nitrogens is 3. The molecular weight excluding hydrogens is 577 g/mol. The summed E-state index contributed by atoms with van der Waals surface area (Å²) in [4.78, 5) is 40.0. The van der Waals surface area contributed by atoms with Crippen molar-refractivity contribution in [3.8, 4) is 11.1 Å². The fourth-order valence-corrected chi connectivity index (χ4v) is 7.09. The molecule has 2 amide bonds. The third-order valence-electron chi connectivity index (χ3n) is 8.28. The first-order valence-electron chi connectivity index (χ1n) is 14.0. The van der Waals surface area contributed by atoms with E-state index < -0.39 is 23.7 Å². The summed E-state index contributed by atoms with van der Waals surface area (Å²) in [5.74, 6) is -1.34. The average molecular weight is 606 g/mol. The fraction of sp³-hybridized carbons (Fsp3) is 0.333. The van der Waals surface area contributed by atoms with Crippen LogP contribution in [0.25, 0.3) is 11.1 Å². The number of carbonyl (C=O) groups is 2. The van der Waals surface area contributed by atoms with Crippen molar-refractivity contribution in [3.63, 3.8) is 0 Å². The predicted octanol–water partition coefficient (Wildman–Crippen LogP) is 4.88. The summed E-state index contributed by atoms with van der Waals surface area (Å²) in [7, 11) is 0. The van der Waals surface area contributed by atoms with Gasteiger partial charge in [0.15, 0.2) is 11.2 Å². The summed E-state index contributed by atoms with van der Waals surface area (Å²) >= 11 is 8.00. The van der Waals surface area contributed by atoms with Gasteiger partial charge in [-0.3, -0.25) is 14.9 Å². The Kier molecular flexibility index (Phi) is 6.95. The molecule has 0 spiro atoms. The lowest BCUT2D eigenvalue weighted by Crippen LogP contribution is -2.49. The highest BCUT2D eigenvalue weighted by molar-refractivity contribution is 7.13. The van der Waals surface area contributed by atoms with Gasteiger partial charge in [-0.05, 0) is 55.2 Å². The van der Waals surface area contributed by atoms with Crippen LogP contribution in [0.3, 0.4) is 0 Å². The van der Waals surface area contributed by atoms with Gasteiger partial charge in [0.25, 0.3) is 11.8 Å². The molecule has 12 heteroatoms. The molecule has 0 radical (unpaired) electrons. The van der Waals surface area contributed by atoms with Gasteiger partial charge in [0.2, 0.25) is 0 Å². The quantitative estimate of drug-likeness (QED) is 0.325. The zero-order chi connectivity index (χ0) is 29.0. The number of hydrogen-bond donors (Lipinski definition) is 2. The van der Waals surface area contributed by atoms with Crippen molar-refractivity contribution in [2.45, 2.75) is 44.9 Å². The van der Waals surface area contributed by atoms with E-state index in [1.54, 1.807) is 24.0 Å². The Balaban J connectivity index is 1.21. The average Bonchev–Trinajstić information content (AvgIpc) is 3.77. The standard InChI is InChI=1S/C30H29ClFN7O2S/c1-17-14-37(9-6-33-17)24-5-4-18(12-22(24)31)19-11-20-21(23(32)13-19)15-39(29(20)41)27(28(40)36-30-34-7-10-42-30)26-25-3-2-8-38(25)16-35-26/h4-5,7,10-13,16-17,27,33H,2-3,6,8-9,14-15H2,1H3,(H,34,36,40). The van der Waals surface area contributed by atoms with E-state index in [9.17, 15) is 9.59 Å². The zero-order valence-corrected chi connectivity index (χ0v) is 24.5. The number of amides is 2. The van der Waals surface area contributed by atoms with Crippen molar-refractivity contribution >= 4 is 45.6 Å². The number of benzene rings is 2. The lowest BCUT2D eigenvalue weighted by molar-refractivity contribution is -0.121. The Hall–Kier alpha value is -3.80. The van der Waals surface area contributed by atoms with Crippen LogP contribution in [0.4, 0.5) is 15.2 Å². The first-order chi connectivity index (χ1) is 20.4. The molecule has 0 bridgehead atoms. The van der Waals surface area contributed by atoms with Crippen LogP contribution in [0.5, 0.6) is 0 Å². The Morgan fingerprint density at radius 1 is 1.21 bits per heavy atom. The molecule has 7 rings (SSSR count). The van der Waals surface area contributed by atoms with E-state index in [2.05, 4.69) is 32.4 Å². The minimum Gasteiger partial charge on any atom is -0.368 e. The zero-order valence-electron chi connectivity index (χ0n) is 22.9. The van der Waals surface area contributed by atoms with Gasteiger partial charge < -0.3 is 19.7 Å². The second kappa shape index (κ2) is 10.8. The highest BCUT2D eigenvalue weighted by atomic mass is 35.5. The Morgan fingerprint density at radius 3 is 2.88 bits per heavy atom. The Morgan fingerprint density at radius 2 is 2.10 bits per heavy atom. The number of hydrogen-bond acceptors (Lipinski definition) is 7. The molecule has 2 aromatic carbocycles. The summed E-state index contributed by atoms with van der Waals surface area (Å²) in [5.41, 5.74) is 4.15. The number of piperazine rings is 1. The van der Waals surface area contributed by atoms with Crippen LogP contribution in [-0.4, -0.2) is 56.9 Å². The molecular formula is C30H29ClFN7O2S. The van der Waals surface area contributed by atoms with Crippen molar-refractivity contribution in [3.05, 3.63) is 81.6 Å². The minimum absolute atomic E-state index is 0.0383. The molecule has 1 fully saturated rings. The van der Waals surface area contributed by atoms with Gasteiger partial charge in [0, 0.05) is 60.6 Å². The molecule has 2 unspecified atom stereocenters. The smallest absolute Gasteiger partial charge is 0.255 e. The summed E-state index contributed by atoms with van der Waals surface area (Å²) in [5, 5.41) is 9.01. The van der Waals surface area contributed by atoms with Gasteiger partial charge in [0.05, 0.1) is 29.3 Å². The third kappa shape index (κ3) is 4.75. The highest BCUT2D eigenvalue weighted by Crippen LogP contribution is 2.39. The molecule has 3 aliphatic rings. The second-order valence-electron chi connectivity index (χ2n) is 11.0. The number of nitrogens with zero attached hydrogens (tertiary/aromatic N) is 5.